The average Bonchev–Trinajstić information content (AvgIpc) is 2.94. The van der Waals surface area contributed by atoms with Crippen molar-refractivity contribution < 1.29 is 0 Å². The highest BCUT2D eigenvalue weighted by molar-refractivity contribution is 5.28. The molecule has 0 bridgehead atoms. The number of unbranched alkanes of at least 4 members (excludes halogenated alkanes) is 2. The summed E-state index contributed by atoms with van der Waals surface area (Å²) in [6, 6.07) is 9.95. The summed E-state index contributed by atoms with van der Waals surface area (Å²) in [4.78, 5) is 1.64. The zero-order chi connectivity index (χ0) is 13.5. The minimum Gasteiger partial charge on any atom is -0.271 e. The third kappa shape index (κ3) is 3.62. The molecule has 1 unspecified atom stereocenters. The molecule has 5 nitrogen and oxygen atoms in total. The number of rotatable bonds is 7. The first-order valence-corrected chi connectivity index (χ1v) is 6.79. The molecule has 0 aliphatic carbocycles. The van der Waals surface area contributed by atoms with Gasteiger partial charge in [0.15, 0.2) is 0 Å². The number of hydrogen-bond acceptors (Lipinski definition) is 4. The van der Waals surface area contributed by atoms with Gasteiger partial charge in [-0.25, -0.2) is 0 Å². The molecular formula is C14H21N5. The molecule has 0 aliphatic rings. The molecule has 0 radical (unpaired) electrons. The maximum atomic E-state index is 5.61. The minimum atomic E-state index is 0.0732. The highest BCUT2D eigenvalue weighted by Gasteiger charge is 2.13. The van der Waals surface area contributed by atoms with E-state index >= 15 is 0 Å². The lowest BCUT2D eigenvalue weighted by Gasteiger charge is -2.12. The second kappa shape index (κ2) is 7.01. The summed E-state index contributed by atoms with van der Waals surface area (Å²) in [5, 5.41) is 8.79. The molecule has 0 spiro atoms. The highest BCUT2D eigenvalue weighted by Crippen LogP contribution is 2.17. The summed E-state index contributed by atoms with van der Waals surface area (Å²) in [6.45, 7) is 2.19. The Morgan fingerprint density at radius 2 is 2.05 bits per heavy atom. The van der Waals surface area contributed by atoms with Crippen LogP contribution in [0.15, 0.2) is 36.5 Å². The van der Waals surface area contributed by atoms with Gasteiger partial charge in [-0.15, -0.1) is 0 Å². The van der Waals surface area contributed by atoms with Crippen LogP contribution in [0.4, 0.5) is 0 Å². The Balaban J connectivity index is 2.06. The largest absolute Gasteiger partial charge is 0.271 e. The number of nitrogens with zero attached hydrogens (tertiary/aromatic N) is 3. The van der Waals surface area contributed by atoms with Crippen molar-refractivity contribution in [2.24, 2.45) is 5.84 Å². The van der Waals surface area contributed by atoms with E-state index < -0.39 is 0 Å². The van der Waals surface area contributed by atoms with E-state index in [1.807, 2.05) is 30.3 Å². The number of nitrogens with one attached hydrogen (secondary N) is 1. The average molecular weight is 259 g/mol. The van der Waals surface area contributed by atoms with E-state index in [1.165, 1.54) is 12.8 Å². The highest BCUT2D eigenvalue weighted by atomic mass is 15.5. The SMILES string of the molecule is CCCCCC(NN)c1cnn(-c2ccccc2)n1. The lowest BCUT2D eigenvalue weighted by Crippen LogP contribution is -2.28. The quantitative estimate of drug-likeness (QED) is 0.455. The first-order chi connectivity index (χ1) is 9.35. The second-order valence-corrected chi connectivity index (χ2v) is 4.61. The van der Waals surface area contributed by atoms with Crippen LogP contribution in [0.3, 0.4) is 0 Å². The van der Waals surface area contributed by atoms with Crippen LogP contribution in [0, 0.1) is 0 Å². The summed E-state index contributed by atoms with van der Waals surface area (Å²) in [7, 11) is 0. The van der Waals surface area contributed by atoms with Crippen molar-refractivity contribution in [3.63, 3.8) is 0 Å². The van der Waals surface area contributed by atoms with Crippen LogP contribution in [0.25, 0.3) is 5.69 Å². The van der Waals surface area contributed by atoms with Crippen LogP contribution < -0.4 is 11.3 Å². The van der Waals surface area contributed by atoms with Gasteiger partial charge in [-0.3, -0.25) is 11.3 Å². The Labute approximate surface area is 113 Å². The fraction of sp³-hybridized carbons (Fsp3) is 0.429. The first kappa shape index (κ1) is 13.7. The van der Waals surface area contributed by atoms with Crippen molar-refractivity contribution in [3.8, 4) is 5.69 Å². The first-order valence-electron chi connectivity index (χ1n) is 6.79. The molecule has 5 heteroatoms. The number of hydrogen-bond donors (Lipinski definition) is 2. The van der Waals surface area contributed by atoms with Crippen LogP contribution >= 0.6 is 0 Å². The van der Waals surface area contributed by atoms with Crippen molar-refractivity contribution in [1.29, 1.82) is 0 Å². The maximum Gasteiger partial charge on any atom is 0.101 e. The molecule has 1 heterocycles. The molecule has 1 aromatic heterocycles. The maximum absolute atomic E-state index is 5.61. The predicted molar refractivity (Wildman–Crippen MR) is 75.6 cm³/mol. The molecule has 0 saturated heterocycles. The number of aromatic nitrogens is 3. The Morgan fingerprint density at radius 3 is 2.74 bits per heavy atom. The van der Waals surface area contributed by atoms with Crippen LogP contribution in [0.5, 0.6) is 0 Å². The number of para-hydroxylation sites is 1. The van der Waals surface area contributed by atoms with Gasteiger partial charge in [-0.05, 0) is 18.6 Å². The monoisotopic (exact) mass is 259 g/mol. The van der Waals surface area contributed by atoms with Crippen molar-refractivity contribution >= 4 is 0 Å². The summed E-state index contributed by atoms with van der Waals surface area (Å²) in [5.74, 6) is 5.61. The van der Waals surface area contributed by atoms with Crippen LogP contribution in [0.2, 0.25) is 0 Å². The lowest BCUT2D eigenvalue weighted by molar-refractivity contribution is 0.474. The third-order valence-corrected chi connectivity index (χ3v) is 3.15. The van der Waals surface area contributed by atoms with E-state index in [9.17, 15) is 0 Å². The van der Waals surface area contributed by atoms with Gasteiger partial charge in [0.05, 0.1) is 17.9 Å². The van der Waals surface area contributed by atoms with Gasteiger partial charge in [0, 0.05) is 0 Å². The van der Waals surface area contributed by atoms with Gasteiger partial charge >= 0.3 is 0 Å². The summed E-state index contributed by atoms with van der Waals surface area (Å²) in [5.41, 5.74) is 4.67. The van der Waals surface area contributed by atoms with Gasteiger partial charge in [0.1, 0.15) is 5.69 Å². The third-order valence-electron chi connectivity index (χ3n) is 3.15. The van der Waals surface area contributed by atoms with E-state index in [-0.39, 0.29) is 6.04 Å². The fourth-order valence-corrected chi connectivity index (χ4v) is 2.04. The normalized spacial score (nSPS) is 12.5. The molecule has 2 rings (SSSR count). The van der Waals surface area contributed by atoms with Gasteiger partial charge in [-0.1, -0.05) is 44.4 Å². The molecule has 1 aromatic carbocycles. The number of hydrazine groups is 1. The predicted octanol–water partition coefficient (Wildman–Crippen LogP) is 2.35. The minimum absolute atomic E-state index is 0.0732. The molecule has 0 fully saturated rings. The molecule has 0 aliphatic heterocycles. The number of nitrogens with two attached hydrogens (primary N) is 1. The zero-order valence-electron chi connectivity index (χ0n) is 11.3. The van der Waals surface area contributed by atoms with Crippen LogP contribution in [-0.4, -0.2) is 15.0 Å². The van der Waals surface area contributed by atoms with E-state index in [4.69, 9.17) is 5.84 Å². The summed E-state index contributed by atoms with van der Waals surface area (Å²) >= 11 is 0. The topological polar surface area (TPSA) is 68.8 Å². The smallest absolute Gasteiger partial charge is 0.101 e. The van der Waals surface area contributed by atoms with E-state index in [0.717, 1.165) is 24.2 Å². The molecule has 2 aromatic rings. The van der Waals surface area contributed by atoms with E-state index in [2.05, 4.69) is 22.5 Å². The molecular weight excluding hydrogens is 238 g/mol. The van der Waals surface area contributed by atoms with Gasteiger partial charge < -0.3 is 0 Å². The Hall–Kier alpha value is -1.72. The summed E-state index contributed by atoms with van der Waals surface area (Å²) in [6.07, 6.45) is 6.32. The molecule has 19 heavy (non-hydrogen) atoms. The molecule has 102 valence electrons. The van der Waals surface area contributed by atoms with Crippen LogP contribution in [-0.2, 0) is 0 Å². The van der Waals surface area contributed by atoms with Gasteiger partial charge in [0.2, 0.25) is 0 Å². The van der Waals surface area contributed by atoms with Crippen molar-refractivity contribution in [2.45, 2.75) is 38.6 Å². The van der Waals surface area contributed by atoms with E-state index in [0.29, 0.717) is 0 Å². The van der Waals surface area contributed by atoms with Crippen molar-refractivity contribution in [2.75, 3.05) is 0 Å². The molecule has 0 amide bonds. The zero-order valence-corrected chi connectivity index (χ0v) is 11.3. The summed E-state index contributed by atoms with van der Waals surface area (Å²) < 4.78 is 0. The molecule has 0 saturated carbocycles. The molecule has 3 N–H and O–H groups in total. The fourth-order valence-electron chi connectivity index (χ4n) is 2.04. The van der Waals surface area contributed by atoms with Crippen molar-refractivity contribution in [3.05, 3.63) is 42.2 Å². The standard InChI is InChI=1S/C14H21N5/c1-2-3-5-10-13(17-15)14-11-16-19(18-14)12-8-6-4-7-9-12/h4,6-9,11,13,17H,2-3,5,10,15H2,1H3. The lowest BCUT2D eigenvalue weighted by atomic mass is 10.1. The van der Waals surface area contributed by atoms with Gasteiger partial charge in [0.25, 0.3) is 0 Å². The Bertz CT molecular complexity index is 480. The van der Waals surface area contributed by atoms with Gasteiger partial charge in [-0.2, -0.15) is 15.0 Å². The number of benzene rings is 1. The molecule has 1 atom stereocenters. The van der Waals surface area contributed by atoms with E-state index in [1.54, 1.807) is 11.0 Å². The Morgan fingerprint density at radius 1 is 1.26 bits per heavy atom. The van der Waals surface area contributed by atoms with Crippen LogP contribution in [0.1, 0.15) is 44.3 Å². The second-order valence-electron chi connectivity index (χ2n) is 4.61. The Kier molecular flexibility index (Phi) is 5.06. The van der Waals surface area contributed by atoms with Crippen molar-refractivity contribution in [1.82, 2.24) is 20.4 Å².